The molecule has 88 valence electrons. The van der Waals surface area contributed by atoms with E-state index in [4.69, 9.17) is 9.84 Å². The van der Waals surface area contributed by atoms with E-state index < -0.39 is 5.97 Å². The molecule has 0 aromatic heterocycles. The number of carboxylic acids is 1. The van der Waals surface area contributed by atoms with Gasteiger partial charge in [0, 0.05) is 0 Å². The number of ether oxygens (including phenoxy) is 1. The minimum atomic E-state index is -0.735. The Morgan fingerprint density at radius 3 is 2.31 bits per heavy atom. The predicted octanol–water partition coefficient (Wildman–Crippen LogP) is 2.59. The van der Waals surface area contributed by atoms with E-state index in [1.54, 1.807) is 14.0 Å². The lowest BCUT2D eigenvalue weighted by atomic mass is 9.90. The number of methoxy groups -OCH3 is 1. The summed E-state index contributed by atoms with van der Waals surface area (Å²) in [7, 11) is 1.63. The van der Waals surface area contributed by atoms with Crippen molar-refractivity contribution in [3.63, 3.8) is 0 Å². The van der Waals surface area contributed by atoms with Crippen LogP contribution in [0.15, 0.2) is 24.3 Å². The summed E-state index contributed by atoms with van der Waals surface area (Å²) in [5, 5.41) is 8.89. The third-order valence-electron chi connectivity index (χ3n) is 2.96. The quantitative estimate of drug-likeness (QED) is 0.833. The molecule has 16 heavy (non-hydrogen) atoms. The van der Waals surface area contributed by atoms with Gasteiger partial charge in [0.1, 0.15) is 5.75 Å². The number of hydrogen-bond donors (Lipinski definition) is 1. The zero-order valence-corrected chi connectivity index (χ0v) is 9.93. The van der Waals surface area contributed by atoms with Crippen molar-refractivity contribution in [3.8, 4) is 5.75 Å². The molecule has 0 saturated carbocycles. The van der Waals surface area contributed by atoms with E-state index in [1.807, 2.05) is 31.2 Å². The van der Waals surface area contributed by atoms with Crippen molar-refractivity contribution >= 4 is 5.97 Å². The lowest BCUT2D eigenvalue weighted by Gasteiger charge is -2.15. The molecule has 0 aliphatic rings. The molecule has 0 heterocycles. The van der Waals surface area contributed by atoms with E-state index in [0.717, 1.165) is 17.7 Å². The molecule has 1 N–H and O–H groups in total. The lowest BCUT2D eigenvalue weighted by molar-refractivity contribution is -0.142. The first kappa shape index (κ1) is 12.6. The van der Waals surface area contributed by atoms with Gasteiger partial charge in [-0.25, -0.2) is 0 Å². The van der Waals surface area contributed by atoms with E-state index in [2.05, 4.69) is 0 Å². The molecule has 0 amide bonds. The normalized spacial score (nSPS) is 14.2. The Kier molecular flexibility index (Phi) is 4.35. The highest BCUT2D eigenvalue weighted by atomic mass is 16.5. The zero-order chi connectivity index (χ0) is 12.1. The largest absolute Gasteiger partial charge is 0.497 e. The molecule has 1 aromatic carbocycles. The monoisotopic (exact) mass is 222 g/mol. The summed E-state index contributed by atoms with van der Waals surface area (Å²) >= 11 is 0. The third kappa shape index (κ3) is 3.26. The number of carbonyl (C=O) groups is 1. The Labute approximate surface area is 96.1 Å². The number of benzene rings is 1. The van der Waals surface area contributed by atoms with Crippen molar-refractivity contribution in [3.05, 3.63) is 29.8 Å². The second kappa shape index (κ2) is 5.54. The summed E-state index contributed by atoms with van der Waals surface area (Å²) in [5.41, 5.74) is 1.14. The molecule has 0 radical (unpaired) electrons. The second-order valence-corrected chi connectivity index (χ2v) is 4.16. The molecular formula is C13H18O3. The van der Waals surface area contributed by atoms with Gasteiger partial charge in [0.2, 0.25) is 0 Å². The van der Waals surface area contributed by atoms with Crippen LogP contribution in [0.5, 0.6) is 5.75 Å². The molecule has 1 rings (SSSR count). The van der Waals surface area contributed by atoms with Gasteiger partial charge >= 0.3 is 5.97 Å². The first-order valence-corrected chi connectivity index (χ1v) is 5.40. The van der Waals surface area contributed by atoms with Crippen LogP contribution < -0.4 is 4.74 Å². The van der Waals surface area contributed by atoms with Crippen LogP contribution in [0.1, 0.15) is 19.4 Å². The second-order valence-electron chi connectivity index (χ2n) is 4.16. The molecule has 3 nitrogen and oxygen atoms in total. The summed E-state index contributed by atoms with van der Waals surface area (Å²) in [6.07, 6.45) is 0.775. The highest BCUT2D eigenvalue weighted by Crippen LogP contribution is 2.19. The standard InChI is InChI=1S/C13H18O3/c1-9(10(2)13(14)15)8-11-4-6-12(16-3)7-5-11/h4-7,9-10H,8H2,1-3H3,(H,14,15). The molecule has 0 spiro atoms. The Bertz CT molecular complexity index is 343. The van der Waals surface area contributed by atoms with Crippen LogP contribution in [0, 0.1) is 11.8 Å². The maximum absolute atomic E-state index is 10.8. The van der Waals surface area contributed by atoms with Crippen LogP contribution in [0.3, 0.4) is 0 Å². The maximum atomic E-state index is 10.8. The first-order chi connectivity index (χ1) is 7.54. The van der Waals surface area contributed by atoms with E-state index in [1.165, 1.54) is 0 Å². The summed E-state index contributed by atoms with van der Waals surface area (Å²) in [5.74, 6) is -0.100. The number of aliphatic carboxylic acids is 1. The van der Waals surface area contributed by atoms with Crippen LogP contribution in [0.2, 0.25) is 0 Å². The first-order valence-electron chi connectivity index (χ1n) is 5.40. The number of hydrogen-bond acceptors (Lipinski definition) is 2. The maximum Gasteiger partial charge on any atom is 0.306 e. The van der Waals surface area contributed by atoms with Gasteiger partial charge in [0.25, 0.3) is 0 Å². The smallest absolute Gasteiger partial charge is 0.306 e. The van der Waals surface area contributed by atoms with E-state index in [0.29, 0.717) is 0 Å². The topological polar surface area (TPSA) is 46.5 Å². The molecule has 0 aliphatic carbocycles. The average Bonchev–Trinajstić information content (AvgIpc) is 2.28. The molecule has 2 unspecified atom stereocenters. The van der Waals surface area contributed by atoms with Crippen molar-refractivity contribution in [2.45, 2.75) is 20.3 Å². The van der Waals surface area contributed by atoms with Gasteiger partial charge in [-0.05, 0) is 30.0 Å². The Morgan fingerprint density at radius 1 is 1.31 bits per heavy atom. The minimum absolute atomic E-state index is 0.130. The highest BCUT2D eigenvalue weighted by Gasteiger charge is 2.19. The minimum Gasteiger partial charge on any atom is -0.497 e. The van der Waals surface area contributed by atoms with Crippen LogP contribution in [-0.2, 0) is 11.2 Å². The number of rotatable bonds is 5. The van der Waals surface area contributed by atoms with E-state index in [9.17, 15) is 4.79 Å². The van der Waals surface area contributed by atoms with E-state index in [-0.39, 0.29) is 11.8 Å². The molecule has 0 aliphatic heterocycles. The Morgan fingerprint density at radius 2 is 1.88 bits per heavy atom. The van der Waals surface area contributed by atoms with Crippen LogP contribution in [0.4, 0.5) is 0 Å². The zero-order valence-electron chi connectivity index (χ0n) is 9.93. The fourth-order valence-corrected chi connectivity index (χ4v) is 1.55. The molecule has 1 aromatic rings. The Balaban J connectivity index is 2.62. The van der Waals surface area contributed by atoms with Gasteiger partial charge in [0.15, 0.2) is 0 Å². The third-order valence-corrected chi connectivity index (χ3v) is 2.96. The highest BCUT2D eigenvalue weighted by molar-refractivity contribution is 5.69. The molecular weight excluding hydrogens is 204 g/mol. The van der Waals surface area contributed by atoms with Crippen molar-refractivity contribution < 1.29 is 14.6 Å². The Hall–Kier alpha value is -1.51. The van der Waals surface area contributed by atoms with Gasteiger partial charge in [0.05, 0.1) is 13.0 Å². The van der Waals surface area contributed by atoms with Crippen LogP contribution >= 0.6 is 0 Å². The summed E-state index contributed by atoms with van der Waals surface area (Å²) in [6, 6.07) is 7.74. The van der Waals surface area contributed by atoms with Crippen molar-refractivity contribution in [2.75, 3.05) is 7.11 Å². The summed E-state index contributed by atoms with van der Waals surface area (Å²) in [4.78, 5) is 10.8. The molecule has 2 atom stereocenters. The lowest BCUT2D eigenvalue weighted by Crippen LogP contribution is -2.19. The van der Waals surface area contributed by atoms with Gasteiger partial charge in [-0.1, -0.05) is 26.0 Å². The van der Waals surface area contributed by atoms with Crippen LogP contribution in [-0.4, -0.2) is 18.2 Å². The van der Waals surface area contributed by atoms with Gasteiger partial charge in [-0.2, -0.15) is 0 Å². The predicted molar refractivity (Wildman–Crippen MR) is 62.7 cm³/mol. The molecule has 0 saturated heterocycles. The fourth-order valence-electron chi connectivity index (χ4n) is 1.55. The SMILES string of the molecule is COc1ccc(CC(C)C(C)C(=O)O)cc1. The average molecular weight is 222 g/mol. The van der Waals surface area contributed by atoms with Crippen LogP contribution in [0.25, 0.3) is 0 Å². The van der Waals surface area contributed by atoms with E-state index >= 15 is 0 Å². The fraction of sp³-hybridized carbons (Fsp3) is 0.462. The van der Waals surface area contributed by atoms with Crippen molar-refractivity contribution in [2.24, 2.45) is 11.8 Å². The van der Waals surface area contributed by atoms with Gasteiger partial charge in [-0.15, -0.1) is 0 Å². The van der Waals surface area contributed by atoms with Gasteiger partial charge < -0.3 is 9.84 Å². The molecule has 0 bridgehead atoms. The molecule has 3 heteroatoms. The molecule has 0 fully saturated rings. The summed E-state index contributed by atoms with van der Waals surface area (Å²) in [6.45, 7) is 3.71. The van der Waals surface area contributed by atoms with Crippen molar-refractivity contribution in [1.82, 2.24) is 0 Å². The van der Waals surface area contributed by atoms with Crippen molar-refractivity contribution in [1.29, 1.82) is 0 Å². The number of carboxylic acid groups (broad SMARTS) is 1. The summed E-state index contributed by atoms with van der Waals surface area (Å²) < 4.78 is 5.07. The van der Waals surface area contributed by atoms with Gasteiger partial charge in [-0.3, -0.25) is 4.79 Å².